The maximum absolute atomic E-state index is 11.8. The first-order valence-electron chi connectivity index (χ1n) is 8.49. The fourth-order valence-corrected chi connectivity index (χ4v) is 2.42. The Labute approximate surface area is 158 Å². The van der Waals surface area contributed by atoms with Crippen LogP contribution in [-0.4, -0.2) is 25.8 Å². The third-order valence-electron chi connectivity index (χ3n) is 3.85. The molecule has 5 nitrogen and oxygen atoms in total. The van der Waals surface area contributed by atoms with Gasteiger partial charge in [0, 0.05) is 0 Å². The molecule has 0 aliphatic rings. The Balaban J connectivity index is 1.46. The van der Waals surface area contributed by atoms with E-state index in [9.17, 15) is 4.79 Å². The Hall–Kier alpha value is -3.60. The van der Waals surface area contributed by atoms with Crippen LogP contribution >= 0.6 is 0 Å². The Morgan fingerprint density at radius 3 is 2.19 bits per heavy atom. The quantitative estimate of drug-likeness (QED) is 0.514. The second kappa shape index (κ2) is 9.20. The molecule has 3 aromatic rings. The number of amides is 1. The van der Waals surface area contributed by atoms with Gasteiger partial charge in [-0.2, -0.15) is 5.10 Å². The molecule has 0 heterocycles. The first-order valence-corrected chi connectivity index (χ1v) is 8.49. The summed E-state index contributed by atoms with van der Waals surface area (Å²) in [5.74, 6) is 1.07. The standard InChI is InChI=1S/C22H20N2O3/c1-26-20-11-7-17(8-12-20)15-23-24-22(25)16-27-21-13-9-19(10-14-21)18-5-3-2-4-6-18/h2-15H,16H2,1H3,(H,24,25)/b23-15+. The summed E-state index contributed by atoms with van der Waals surface area (Å²) in [6.45, 7) is -0.107. The van der Waals surface area contributed by atoms with Crippen LogP contribution in [0.5, 0.6) is 11.5 Å². The van der Waals surface area contributed by atoms with E-state index < -0.39 is 0 Å². The molecule has 0 saturated heterocycles. The van der Waals surface area contributed by atoms with Gasteiger partial charge < -0.3 is 9.47 Å². The van der Waals surface area contributed by atoms with Crippen LogP contribution < -0.4 is 14.9 Å². The predicted molar refractivity (Wildman–Crippen MR) is 106 cm³/mol. The minimum atomic E-state index is -0.327. The normalized spacial score (nSPS) is 10.6. The first kappa shape index (κ1) is 18.2. The second-order valence-electron chi connectivity index (χ2n) is 5.75. The van der Waals surface area contributed by atoms with Gasteiger partial charge in [0.25, 0.3) is 5.91 Å². The predicted octanol–water partition coefficient (Wildman–Crippen LogP) is 3.89. The van der Waals surface area contributed by atoms with Crippen molar-refractivity contribution in [2.75, 3.05) is 13.7 Å². The maximum atomic E-state index is 11.8. The van der Waals surface area contributed by atoms with Gasteiger partial charge in [-0.05, 0) is 53.1 Å². The summed E-state index contributed by atoms with van der Waals surface area (Å²) in [5, 5.41) is 3.92. The van der Waals surface area contributed by atoms with Gasteiger partial charge in [-0.25, -0.2) is 5.43 Å². The highest BCUT2D eigenvalue weighted by Crippen LogP contribution is 2.21. The van der Waals surface area contributed by atoms with Crippen LogP contribution in [0.3, 0.4) is 0 Å². The molecular weight excluding hydrogens is 340 g/mol. The fourth-order valence-electron chi connectivity index (χ4n) is 2.42. The van der Waals surface area contributed by atoms with Gasteiger partial charge in [-0.3, -0.25) is 4.79 Å². The molecule has 5 heteroatoms. The third kappa shape index (κ3) is 5.44. The number of nitrogens with one attached hydrogen (secondary N) is 1. The van der Waals surface area contributed by atoms with Crippen molar-refractivity contribution >= 4 is 12.1 Å². The molecule has 1 N–H and O–H groups in total. The highest BCUT2D eigenvalue weighted by Gasteiger charge is 2.02. The van der Waals surface area contributed by atoms with Crippen molar-refractivity contribution in [3.8, 4) is 22.6 Å². The number of hydrogen-bond donors (Lipinski definition) is 1. The molecule has 1 amide bonds. The summed E-state index contributed by atoms with van der Waals surface area (Å²) in [5.41, 5.74) is 5.52. The lowest BCUT2D eigenvalue weighted by Crippen LogP contribution is -2.24. The summed E-state index contributed by atoms with van der Waals surface area (Å²) in [6.07, 6.45) is 1.56. The highest BCUT2D eigenvalue weighted by molar-refractivity contribution is 5.83. The molecule has 0 aliphatic heterocycles. The number of ether oxygens (including phenoxy) is 2. The molecule has 0 unspecified atom stereocenters. The first-order chi connectivity index (χ1) is 13.2. The molecule has 136 valence electrons. The molecule has 0 spiro atoms. The molecule has 0 radical (unpaired) electrons. The molecule has 27 heavy (non-hydrogen) atoms. The van der Waals surface area contributed by atoms with E-state index in [1.807, 2.05) is 78.9 Å². The van der Waals surface area contributed by atoms with Crippen molar-refractivity contribution in [2.24, 2.45) is 5.10 Å². The van der Waals surface area contributed by atoms with Crippen molar-refractivity contribution in [1.82, 2.24) is 5.43 Å². The van der Waals surface area contributed by atoms with Gasteiger partial charge >= 0.3 is 0 Å². The second-order valence-corrected chi connectivity index (χ2v) is 5.75. The Morgan fingerprint density at radius 2 is 1.52 bits per heavy atom. The number of benzene rings is 3. The molecule has 0 fully saturated rings. The number of methoxy groups -OCH3 is 1. The van der Waals surface area contributed by atoms with E-state index in [2.05, 4.69) is 10.5 Å². The molecular formula is C22H20N2O3. The lowest BCUT2D eigenvalue weighted by atomic mass is 10.1. The molecule has 0 aromatic heterocycles. The zero-order valence-corrected chi connectivity index (χ0v) is 15.0. The van der Waals surface area contributed by atoms with E-state index in [-0.39, 0.29) is 12.5 Å². The van der Waals surface area contributed by atoms with Gasteiger partial charge in [0.05, 0.1) is 13.3 Å². The van der Waals surface area contributed by atoms with Crippen LogP contribution in [0.4, 0.5) is 0 Å². The van der Waals surface area contributed by atoms with Gasteiger partial charge in [-0.1, -0.05) is 42.5 Å². The largest absolute Gasteiger partial charge is 0.497 e. The van der Waals surface area contributed by atoms with Crippen LogP contribution in [0.25, 0.3) is 11.1 Å². The molecule has 0 aliphatic carbocycles. The van der Waals surface area contributed by atoms with Crippen molar-refractivity contribution in [3.05, 3.63) is 84.4 Å². The van der Waals surface area contributed by atoms with E-state index in [1.165, 1.54) is 0 Å². The molecule has 3 aromatic carbocycles. The summed E-state index contributed by atoms with van der Waals surface area (Å²) in [6, 6.07) is 25.0. The summed E-state index contributed by atoms with van der Waals surface area (Å²) < 4.78 is 10.6. The maximum Gasteiger partial charge on any atom is 0.277 e. The average Bonchev–Trinajstić information content (AvgIpc) is 2.74. The average molecular weight is 360 g/mol. The van der Waals surface area contributed by atoms with Gasteiger partial charge in [0.15, 0.2) is 6.61 Å². The van der Waals surface area contributed by atoms with Crippen LogP contribution in [0.1, 0.15) is 5.56 Å². The van der Waals surface area contributed by atoms with Crippen molar-refractivity contribution in [2.45, 2.75) is 0 Å². The van der Waals surface area contributed by atoms with Crippen LogP contribution in [-0.2, 0) is 4.79 Å². The van der Waals surface area contributed by atoms with E-state index in [0.29, 0.717) is 5.75 Å². The molecule has 0 atom stereocenters. The zero-order valence-electron chi connectivity index (χ0n) is 15.0. The zero-order chi connectivity index (χ0) is 18.9. The van der Waals surface area contributed by atoms with Crippen molar-refractivity contribution in [3.63, 3.8) is 0 Å². The van der Waals surface area contributed by atoms with Gasteiger partial charge in [-0.15, -0.1) is 0 Å². The minimum absolute atomic E-state index is 0.107. The molecule has 3 rings (SSSR count). The number of hydrogen-bond acceptors (Lipinski definition) is 4. The summed E-state index contributed by atoms with van der Waals surface area (Å²) in [7, 11) is 1.61. The Bertz CT molecular complexity index is 889. The van der Waals surface area contributed by atoms with Crippen molar-refractivity contribution in [1.29, 1.82) is 0 Å². The van der Waals surface area contributed by atoms with Gasteiger partial charge in [0.2, 0.25) is 0 Å². The SMILES string of the molecule is COc1ccc(/C=N/NC(=O)COc2ccc(-c3ccccc3)cc2)cc1. The lowest BCUT2D eigenvalue weighted by Gasteiger charge is -2.06. The highest BCUT2D eigenvalue weighted by atomic mass is 16.5. The molecule has 0 saturated carbocycles. The van der Waals surface area contributed by atoms with Crippen LogP contribution in [0, 0.1) is 0 Å². The monoisotopic (exact) mass is 360 g/mol. The third-order valence-corrected chi connectivity index (χ3v) is 3.85. The molecule has 0 bridgehead atoms. The number of nitrogens with zero attached hydrogens (tertiary/aromatic N) is 1. The minimum Gasteiger partial charge on any atom is -0.497 e. The summed E-state index contributed by atoms with van der Waals surface area (Å²) in [4.78, 5) is 11.8. The van der Waals surface area contributed by atoms with E-state index in [0.717, 1.165) is 22.4 Å². The number of rotatable bonds is 7. The van der Waals surface area contributed by atoms with Crippen LogP contribution in [0.2, 0.25) is 0 Å². The Kier molecular flexibility index (Phi) is 6.20. The topological polar surface area (TPSA) is 59.9 Å². The van der Waals surface area contributed by atoms with E-state index in [1.54, 1.807) is 13.3 Å². The fraction of sp³-hybridized carbons (Fsp3) is 0.0909. The number of carbonyl (C=O) groups is 1. The Morgan fingerprint density at radius 1 is 0.889 bits per heavy atom. The lowest BCUT2D eigenvalue weighted by molar-refractivity contribution is -0.123. The summed E-state index contributed by atoms with van der Waals surface area (Å²) >= 11 is 0. The number of hydrazone groups is 1. The smallest absolute Gasteiger partial charge is 0.277 e. The van der Waals surface area contributed by atoms with Crippen LogP contribution in [0.15, 0.2) is 84.0 Å². The van der Waals surface area contributed by atoms with Gasteiger partial charge in [0.1, 0.15) is 11.5 Å². The van der Waals surface area contributed by atoms with Crippen molar-refractivity contribution < 1.29 is 14.3 Å². The van der Waals surface area contributed by atoms with E-state index in [4.69, 9.17) is 9.47 Å². The van der Waals surface area contributed by atoms with E-state index >= 15 is 0 Å². The number of carbonyl (C=O) groups excluding carboxylic acids is 1.